The normalized spacial score (nSPS) is 10.2. The number of amides is 1. The van der Waals surface area contributed by atoms with Crippen molar-refractivity contribution in [1.82, 2.24) is 4.90 Å². The van der Waals surface area contributed by atoms with Gasteiger partial charge in [0.2, 0.25) is 0 Å². The summed E-state index contributed by atoms with van der Waals surface area (Å²) >= 11 is 0. The number of likely N-dealkylation sites (N-methyl/N-ethyl adjacent to an activating group) is 1. The molecule has 0 saturated heterocycles. The number of hydrogen-bond acceptors (Lipinski definition) is 5. The highest BCUT2D eigenvalue weighted by molar-refractivity contribution is 5.77. The van der Waals surface area contributed by atoms with Gasteiger partial charge in [-0.05, 0) is 29.8 Å². The lowest BCUT2D eigenvalue weighted by molar-refractivity contribution is -0.384. The van der Waals surface area contributed by atoms with E-state index in [1.807, 2.05) is 43.3 Å². The van der Waals surface area contributed by atoms with Crippen molar-refractivity contribution in [3.63, 3.8) is 0 Å². The molecule has 0 N–H and O–H groups in total. The van der Waals surface area contributed by atoms with Gasteiger partial charge >= 0.3 is 0 Å². The largest absolute Gasteiger partial charge is 0.484 e. The Hall–Kier alpha value is -3.09. The van der Waals surface area contributed by atoms with E-state index < -0.39 is 4.92 Å². The van der Waals surface area contributed by atoms with Crippen molar-refractivity contribution in [2.45, 2.75) is 6.54 Å². The van der Waals surface area contributed by atoms with Crippen molar-refractivity contribution in [3.8, 4) is 5.75 Å². The molecule has 2 rings (SSSR count). The van der Waals surface area contributed by atoms with E-state index >= 15 is 0 Å². The van der Waals surface area contributed by atoms with E-state index in [-0.39, 0.29) is 18.2 Å². The Morgan fingerprint density at radius 2 is 1.64 bits per heavy atom. The summed E-state index contributed by atoms with van der Waals surface area (Å²) in [7, 11) is 5.65. The summed E-state index contributed by atoms with van der Waals surface area (Å²) < 4.78 is 5.39. The molecule has 7 nitrogen and oxygen atoms in total. The standard InChI is InChI=1S/C18H21N3O4/c1-19(2)15-6-4-14(5-7-15)12-20(3)18(22)13-25-17-10-8-16(9-11-17)21(23)24/h4-11H,12-13H2,1-3H3. The van der Waals surface area contributed by atoms with Gasteiger partial charge in [-0.1, -0.05) is 12.1 Å². The molecule has 1 amide bonds. The van der Waals surface area contributed by atoms with Crippen molar-refractivity contribution in [2.75, 3.05) is 32.6 Å². The summed E-state index contributed by atoms with van der Waals surface area (Å²) in [6.07, 6.45) is 0. The number of nitrogens with zero attached hydrogens (tertiary/aromatic N) is 3. The van der Waals surface area contributed by atoms with Crippen LogP contribution < -0.4 is 9.64 Å². The molecule has 0 bridgehead atoms. The van der Waals surface area contributed by atoms with Gasteiger partial charge in [0.15, 0.2) is 6.61 Å². The fourth-order valence-electron chi connectivity index (χ4n) is 2.18. The van der Waals surface area contributed by atoms with Crippen LogP contribution in [-0.4, -0.2) is 43.5 Å². The lowest BCUT2D eigenvalue weighted by Gasteiger charge is -2.18. The molecule has 0 aliphatic heterocycles. The van der Waals surface area contributed by atoms with Crippen molar-refractivity contribution < 1.29 is 14.5 Å². The number of carbonyl (C=O) groups excluding carboxylic acids is 1. The lowest BCUT2D eigenvalue weighted by Crippen LogP contribution is -2.30. The maximum absolute atomic E-state index is 12.2. The minimum atomic E-state index is -0.482. The predicted octanol–water partition coefficient (Wildman–Crippen LogP) is 2.70. The van der Waals surface area contributed by atoms with Crippen LogP contribution in [0.3, 0.4) is 0 Å². The highest BCUT2D eigenvalue weighted by atomic mass is 16.6. The van der Waals surface area contributed by atoms with Crippen LogP contribution in [-0.2, 0) is 11.3 Å². The lowest BCUT2D eigenvalue weighted by atomic mass is 10.2. The molecule has 0 radical (unpaired) electrons. The topological polar surface area (TPSA) is 75.9 Å². The van der Waals surface area contributed by atoms with Crippen LogP contribution in [0.25, 0.3) is 0 Å². The zero-order valence-corrected chi connectivity index (χ0v) is 14.5. The van der Waals surface area contributed by atoms with E-state index in [1.54, 1.807) is 11.9 Å². The van der Waals surface area contributed by atoms with Gasteiger partial charge in [0, 0.05) is 45.5 Å². The summed E-state index contributed by atoms with van der Waals surface area (Å²) in [5, 5.41) is 10.6. The molecule has 0 heterocycles. The third-order valence-electron chi connectivity index (χ3n) is 3.71. The van der Waals surface area contributed by atoms with Crippen molar-refractivity contribution in [1.29, 1.82) is 0 Å². The number of hydrogen-bond donors (Lipinski definition) is 0. The van der Waals surface area contributed by atoms with E-state index in [9.17, 15) is 14.9 Å². The molecular formula is C18H21N3O4. The van der Waals surface area contributed by atoms with Crippen LogP contribution >= 0.6 is 0 Å². The predicted molar refractivity (Wildman–Crippen MR) is 95.8 cm³/mol. The number of anilines is 1. The van der Waals surface area contributed by atoms with Gasteiger partial charge < -0.3 is 14.5 Å². The zero-order valence-electron chi connectivity index (χ0n) is 14.5. The monoisotopic (exact) mass is 343 g/mol. The quantitative estimate of drug-likeness (QED) is 0.571. The summed E-state index contributed by atoms with van der Waals surface area (Å²) in [5.74, 6) is 0.248. The molecule has 0 atom stereocenters. The summed E-state index contributed by atoms with van der Waals surface area (Å²) in [5.41, 5.74) is 2.10. The molecule has 0 aliphatic rings. The molecule has 0 aliphatic carbocycles. The third kappa shape index (κ3) is 5.20. The molecule has 0 fully saturated rings. The van der Waals surface area contributed by atoms with E-state index in [1.165, 1.54) is 24.3 Å². The molecular weight excluding hydrogens is 322 g/mol. The van der Waals surface area contributed by atoms with Crippen molar-refractivity contribution in [2.24, 2.45) is 0 Å². The first-order chi connectivity index (χ1) is 11.9. The second-order valence-corrected chi connectivity index (χ2v) is 5.85. The second kappa shape index (κ2) is 8.14. The highest BCUT2D eigenvalue weighted by Crippen LogP contribution is 2.17. The first-order valence-electron chi connectivity index (χ1n) is 7.74. The first kappa shape index (κ1) is 18.3. The third-order valence-corrected chi connectivity index (χ3v) is 3.71. The van der Waals surface area contributed by atoms with Crippen molar-refractivity contribution >= 4 is 17.3 Å². The maximum atomic E-state index is 12.2. The number of non-ortho nitro benzene ring substituents is 1. The molecule has 7 heteroatoms. The van der Waals surface area contributed by atoms with Crippen LogP contribution in [0.1, 0.15) is 5.56 Å². The van der Waals surface area contributed by atoms with Crippen LogP contribution in [0.15, 0.2) is 48.5 Å². The van der Waals surface area contributed by atoms with Crippen LogP contribution in [0.5, 0.6) is 5.75 Å². The molecule has 25 heavy (non-hydrogen) atoms. The van der Waals surface area contributed by atoms with Gasteiger partial charge in [0.05, 0.1) is 4.92 Å². The van der Waals surface area contributed by atoms with Gasteiger partial charge in [-0.2, -0.15) is 0 Å². The van der Waals surface area contributed by atoms with E-state index in [4.69, 9.17) is 4.74 Å². The average Bonchev–Trinajstić information content (AvgIpc) is 2.60. The van der Waals surface area contributed by atoms with Crippen LogP contribution in [0, 0.1) is 10.1 Å². The number of rotatable bonds is 7. The first-order valence-corrected chi connectivity index (χ1v) is 7.74. The fourth-order valence-corrected chi connectivity index (χ4v) is 2.18. The molecule has 132 valence electrons. The second-order valence-electron chi connectivity index (χ2n) is 5.85. The summed E-state index contributed by atoms with van der Waals surface area (Å²) in [6.45, 7) is 0.361. The summed E-state index contributed by atoms with van der Waals surface area (Å²) in [4.78, 5) is 25.9. The van der Waals surface area contributed by atoms with E-state index in [0.29, 0.717) is 12.3 Å². The highest BCUT2D eigenvalue weighted by Gasteiger charge is 2.11. The Morgan fingerprint density at radius 1 is 1.04 bits per heavy atom. The molecule has 2 aromatic rings. The zero-order chi connectivity index (χ0) is 18.4. The van der Waals surface area contributed by atoms with Crippen molar-refractivity contribution in [3.05, 3.63) is 64.2 Å². The SMILES string of the molecule is CN(Cc1ccc(N(C)C)cc1)C(=O)COc1ccc([N+](=O)[O-])cc1. The van der Waals surface area contributed by atoms with Crippen LogP contribution in [0.2, 0.25) is 0 Å². The maximum Gasteiger partial charge on any atom is 0.269 e. The Bertz CT molecular complexity index is 727. The van der Waals surface area contributed by atoms with Gasteiger partial charge in [-0.15, -0.1) is 0 Å². The molecule has 2 aromatic carbocycles. The van der Waals surface area contributed by atoms with Gasteiger partial charge in [0.1, 0.15) is 5.75 Å². The number of ether oxygens (including phenoxy) is 1. The molecule has 0 saturated carbocycles. The number of nitro benzene ring substituents is 1. The minimum Gasteiger partial charge on any atom is -0.484 e. The Morgan fingerprint density at radius 3 is 2.16 bits per heavy atom. The van der Waals surface area contributed by atoms with E-state index in [0.717, 1.165) is 11.3 Å². The Labute approximate surface area is 146 Å². The van der Waals surface area contributed by atoms with Gasteiger partial charge in [-0.3, -0.25) is 14.9 Å². The number of benzene rings is 2. The van der Waals surface area contributed by atoms with Gasteiger partial charge in [0.25, 0.3) is 11.6 Å². The smallest absolute Gasteiger partial charge is 0.269 e. The Kier molecular flexibility index (Phi) is 5.94. The number of nitro groups is 1. The fraction of sp³-hybridized carbons (Fsp3) is 0.278. The Balaban J connectivity index is 1.86. The van der Waals surface area contributed by atoms with Gasteiger partial charge in [-0.25, -0.2) is 0 Å². The minimum absolute atomic E-state index is 0.0167. The van der Waals surface area contributed by atoms with E-state index in [2.05, 4.69) is 0 Å². The van der Waals surface area contributed by atoms with Crippen LogP contribution in [0.4, 0.5) is 11.4 Å². The number of carbonyl (C=O) groups is 1. The average molecular weight is 343 g/mol. The molecule has 0 aromatic heterocycles. The molecule has 0 unspecified atom stereocenters. The summed E-state index contributed by atoms with van der Waals surface area (Å²) in [6, 6.07) is 13.6. The molecule has 0 spiro atoms.